The SMILES string of the molecule is CCN1CCc2nc3sc(Br)nn3c2C1. The highest BCUT2D eigenvalue weighted by atomic mass is 79.9. The smallest absolute Gasteiger partial charge is 0.213 e. The third-order valence-corrected chi connectivity index (χ3v) is 4.18. The lowest BCUT2D eigenvalue weighted by atomic mass is 10.1. The number of imidazole rings is 1. The zero-order valence-electron chi connectivity index (χ0n) is 8.40. The maximum Gasteiger partial charge on any atom is 0.213 e. The first-order valence-corrected chi connectivity index (χ1v) is 6.64. The molecule has 2 aromatic rings. The van der Waals surface area contributed by atoms with Crippen molar-refractivity contribution in [1.29, 1.82) is 0 Å². The van der Waals surface area contributed by atoms with Crippen LogP contribution in [-0.2, 0) is 13.0 Å². The molecule has 0 bridgehead atoms. The highest BCUT2D eigenvalue weighted by molar-refractivity contribution is 9.11. The number of likely N-dealkylation sites (N-methyl/N-ethyl adjacent to an activating group) is 1. The van der Waals surface area contributed by atoms with E-state index in [9.17, 15) is 0 Å². The Hall–Kier alpha value is -0.460. The van der Waals surface area contributed by atoms with E-state index < -0.39 is 0 Å². The quantitative estimate of drug-likeness (QED) is 0.803. The predicted molar refractivity (Wildman–Crippen MR) is 63.2 cm³/mol. The number of halogens is 1. The highest BCUT2D eigenvalue weighted by Gasteiger charge is 2.22. The number of fused-ring (bicyclic) bond motifs is 3. The Morgan fingerprint density at radius 3 is 3.20 bits per heavy atom. The zero-order valence-corrected chi connectivity index (χ0v) is 10.8. The van der Waals surface area contributed by atoms with Gasteiger partial charge < -0.3 is 0 Å². The van der Waals surface area contributed by atoms with E-state index in [1.807, 2.05) is 4.52 Å². The van der Waals surface area contributed by atoms with Crippen molar-refractivity contribution in [2.75, 3.05) is 13.1 Å². The van der Waals surface area contributed by atoms with Crippen molar-refractivity contribution >= 4 is 32.2 Å². The summed E-state index contributed by atoms with van der Waals surface area (Å²) in [6.45, 7) is 5.39. The molecule has 2 aromatic heterocycles. The molecule has 0 atom stereocenters. The Morgan fingerprint density at radius 1 is 1.53 bits per heavy atom. The van der Waals surface area contributed by atoms with Crippen LogP contribution in [0.25, 0.3) is 4.96 Å². The number of nitrogens with zero attached hydrogens (tertiary/aromatic N) is 4. The molecular formula is C9H11BrN4S. The minimum atomic E-state index is 0.904. The third kappa shape index (κ3) is 1.51. The number of hydrogen-bond acceptors (Lipinski definition) is 4. The van der Waals surface area contributed by atoms with Crippen LogP contribution in [0.4, 0.5) is 0 Å². The second-order valence-corrected chi connectivity index (χ2v) is 5.91. The Morgan fingerprint density at radius 2 is 2.40 bits per heavy atom. The van der Waals surface area contributed by atoms with Gasteiger partial charge >= 0.3 is 0 Å². The normalized spacial score (nSPS) is 17.2. The highest BCUT2D eigenvalue weighted by Crippen LogP contribution is 2.25. The van der Waals surface area contributed by atoms with E-state index in [4.69, 9.17) is 0 Å². The minimum Gasteiger partial charge on any atom is -0.297 e. The standard InChI is InChI=1S/C9H11BrN4S/c1-2-13-4-3-6-7(5-13)14-9(11-6)15-8(10)12-14/h2-5H2,1H3. The van der Waals surface area contributed by atoms with Crippen molar-refractivity contribution in [3.05, 3.63) is 15.3 Å². The Labute approximate surface area is 100 Å². The Balaban J connectivity index is 2.12. The average molecular weight is 287 g/mol. The molecule has 1 aliphatic rings. The second-order valence-electron chi connectivity index (χ2n) is 3.67. The van der Waals surface area contributed by atoms with Gasteiger partial charge in [0.05, 0.1) is 11.4 Å². The molecule has 0 fully saturated rings. The largest absolute Gasteiger partial charge is 0.297 e. The molecule has 0 spiro atoms. The second kappa shape index (κ2) is 3.54. The Kier molecular flexibility index (Phi) is 2.30. The maximum absolute atomic E-state index is 4.61. The maximum atomic E-state index is 4.61. The molecule has 0 unspecified atom stereocenters. The van der Waals surface area contributed by atoms with Crippen molar-refractivity contribution in [3.8, 4) is 0 Å². The molecule has 80 valence electrons. The van der Waals surface area contributed by atoms with Crippen molar-refractivity contribution < 1.29 is 0 Å². The molecule has 0 saturated carbocycles. The van der Waals surface area contributed by atoms with E-state index in [1.165, 1.54) is 11.4 Å². The van der Waals surface area contributed by atoms with Gasteiger partial charge in [0.2, 0.25) is 4.96 Å². The number of hydrogen-bond donors (Lipinski definition) is 0. The van der Waals surface area contributed by atoms with E-state index in [1.54, 1.807) is 11.3 Å². The Bertz CT molecular complexity index is 503. The first kappa shape index (κ1) is 9.74. The lowest BCUT2D eigenvalue weighted by molar-refractivity contribution is 0.261. The molecule has 0 aromatic carbocycles. The van der Waals surface area contributed by atoms with Crippen molar-refractivity contribution in [1.82, 2.24) is 19.5 Å². The lowest BCUT2D eigenvalue weighted by Crippen LogP contribution is -2.30. The zero-order chi connectivity index (χ0) is 10.4. The summed E-state index contributed by atoms with van der Waals surface area (Å²) in [6, 6.07) is 0. The summed E-state index contributed by atoms with van der Waals surface area (Å²) in [7, 11) is 0. The summed E-state index contributed by atoms with van der Waals surface area (Å²) in [4.78, 5) is 8.03. The van der Waals surface area contributed by atoms with E-state index in [0.29, 0.717) is 0 Å². The van der Waals surface area contributed by atoms with Crippen LogP contribution < -0.4 is 0 Å². The molecule has 3 heterocycles. The molecule has 0 saturated heterocycles. The van der Waals surface area contributed by atoms with Gasteiger partial charge in [0.15, 0.2) is 3.92 Å². The summed E-state index contributed by atoms with van der Waals surface area (Å²) < 4.78 is 2.88. The van der Waals surface area contributed by atoms with E-state index in [-0.39, 0.29) is 0 Å². The fourth-order valence-corrected chi connectivity index (χ4v) is 3.25. The molecule has 0 amide bonds. The number of aromatic nitrogens is 3. The lowest BCUT2D eigenvalue weighted by Gasteiger charge is -2.24. The van der Waals surface area contributed by atoms with E-state index in [2.05, 4.69) is 37.8 Å². The predicted octanol–water partition coefficient (Wildman–Crippen LogP) is 1.93. The molecule has 0 aliphatic carbocycles. The van der Waals surface area contributed by atoms with Gasteiger partial charge in [-0.25, -0.2) is 9.50 Å². The van der Waals surface area contributed by atoms with Crippen LogP contribution >= 0.6 is 27.3 Å². The van der Waals surface area contributed by atoms with Crippen LogP contribution in [0, 0.1) is 0 Å². The molecule has 1 aliphatic heterocycles. The molecule has 4 nitrogen and oxygen atoms in total. The van der Waals surface area contributed by atoms with Crippen molar-refractivity contribution in [2.45, 2.75) is 19.9 Å². The minimum absolute atomic E-state index is 0.904. The van der Waals surface area contributed by atoms with Gasteiger partial charge in [-0.3, -0.25) is 4.90 Å². The monoisotopic (exact) mass is 286 g/mol. The van der Waals surface area contributed by atoms with Gasteiger partial charge in [-0.05, 0) is 22.5 Å². The van der Waals surface area contributed by atoms with Gasteiger partial charge in [0.25, 0.3) is 0 Å². The topological polar surface area (TPSA) is 33.4 Å². The van der Waals surface area contributed by atoms with Crippen molar-refractivity contribution in [3.63, 3.8) is 0 Å². The summed E-state index contributed by atoms with van der Waals surface area (Å²) in [5, 5.41) is 4.42. The van der Waals surface area contributed by atoms with Crippen LogP contribution in [0.1, 0.15) is 18.3 Å². The first-order chi connectivity index (χ1) is 7.28. The fraction of sp³-hybridized carbons (Fsp3) is 0.556. The van der Waals surface area contributed by atoms with Gasteiger partial charge in [0.1, 0.15) is 0 Å². The molecular weight excluding hydrogens is 276 g/mol. The summed E-state index contributed by atoms with van der Waals surface area (Å²) in [5.41, 5.74) is 2.49. The van der Waals surface area contributed by atoms with Gasteiger partial charge in [-0.1, -0.05) is 18.3 Å². The van der Waals surface area contributed by atoms with Crippen molar-refractivity contribution in [2.24, 2.45) is 0 Å². The van der Waals surface area contributed by atoms with E-state index in [0.717, 1.165) is 34.9 Å². The molecule has 3 rings (SSSR count). The molecule has 0 N–H and O–H groups in total. The third-order valence-electron chi connectivity index (χ3n) is 2.84. The fourth-order valence-electron chi connectivity index (χ4n) is 1.99. The van der Waals surface area contributed by atoms with Gasteiger partial charge in [-0.2, -0.15) is 0 Å². The number of rotatable bonds is 1. The van der Waals surface area contributed by atoms with Crippen LogP contribution in [0.3, 0.4) is 0 Å². The molecule has 15 heavy (non-hydrogen) atoms. The molecule has 0 radical (unpaired) electrons. The summed E-state index contributed by atoms with van der Waals surface area (Å²) in [6.07, 6.45) is 1.05. The molecule has 6 heteroatoms. The van der Waals surface area contributed by atoms with Gasteiger partial charge in [0, 0.05) is 19.5 Å². The van der Waals surface area contributed by atoms with Crippen LogP contribution in [0.15, 0.2) is 3.92 Å². The summed E-state index contributed by atoms with van der Waals surface area (Å²) >= 11 is 4.99. The van der Waals surface area contributed by atoms with E-state index >= 15 is 0 Å². The van der Waals surface area contributed by atoms with Gasteiger partial charge in [-0.15, -0.1) is 5.10 Å². The van der Waals surface area contributed by atoms with Crippen LogP contribution in [0.5, 0.6) is 0 Å². The average Bonchev–Trinajstić information content (AvgIpc) is 2.73. The summed E-state index contributed by atoms with van der Waals surface area (Å²) in [5.74, 6) is 0. The van der Waals surface area contributed by atoms with Crippen LogP contribution in [0.2, 0.25) is 0 Å². The van der Waals surface area contributed by atoms with Crippen LogP contribution in [-0.4, -0.2) is 32.6 Å². The first-order valence-electron chi connectivity index (χ1n) is 5.03.